The number of fused-ring (bicyclic) bond motifs is 1. The lowest BCUT2D eigenvalue weighted by atomic mass is 10.1. The van der Waals surface area contributed by atoms with E-state index in [9.17, 15) is 0 Å². The van der Waals surface area contributed by atoms with E-state index in [1.807, 2.05) is 6.07 Å². The second-order valence-electron chi connectivity index (χ2n) is 7.57. The molecule has 1 aromatic heterocycles. The highest BCUT2D eigenvalue weighted by Crippen LogP contribution is 2.27. The molecule has 0 spiro atoms. The van der Waals surface area contributed by atoms with Crippen molar-refractivity contribution in [2.75, 3.05) is 26.2 Å². The molecule has 0 aliphatic carbocycles. The van der Waals surface area contributed by atoms with Crippen LogP contribution >= 0.6 is 12.4 Å². The van der Waals surface area contributed by atoms with Gasteiger partial charge in [-0.1, -0.05) is 48.4 Å². The molecule has 4 rings (SSSR count). The number of aromatic nitrogens is 2. The largest absolute Gasteiger partial charge is 0.476 e. The van der Waals surface area contributed by atoms with Crippen LogP contribution < -0.4 is 4.74 Å². The molecule has 0 atom stereocenters. The maximum absolute atomic E-state index is 6.13. The fourth-order valence-corrected chi connectivity index (χ4v) is 3.89. The van der Waals surface area contributed by atoms with Crippen LogP contribution in [0.5, 0.6) is 5.88 Å². The fourth-order valence-electron chi connectivity index (χ4n) is 3.89. The minimum Gasteiger partial charge on any atom is -0.476 e. The molecule has 0 saturated carbocycles. The number of likely N-dealkylation sites (tertiary alicyclic amines) is 1. The average Bonchev–Trinajstić information content (AvgIpc) is 3.03. The molecule has 150 valence electrons. The van der Waals surface area contributed by atoms with Gasteiger partial charge in [-0.3, -0.25) is 4.68 Å². The van der Waals surface area contributed by atoms with Crippen molar-refractivity contribution in [1.29, 1.82) is 0 Å². The number of hydrogen-bond acceptors (Lipinski definition) is 3. The zero-order chi connectivity index (χ0) is 18.5. The van der Waals surface area contributed by atoms with E-state index in [2.05, 4.69) is 59.0 Å². The van der Waals surface area contributed by atoms with Crippen molar-refractivity contribution in [2.45, 2.75) is 39.2 Å². The van der Waals surface area contributed by atoms with Crippen LogP contribution in [-0.4, -0.2) is 40.9 Å². The van der Waals surface area contributed by atoms with E-state index in [-0.39, 0.29) is 12.4 Å². The lowest BCUT2D eigenvalue weighted by Gasteiger charge is -2.26. The lowest BCUT2D eigenvalue weighted by Crippen LogP contribution is -2.31. The molecule has 4 nitrogen and oxygen atoms in total. The third-order valence-corrected chi connectivity index (χ3v) is 5.35. The summed E-state index contributed by atoms with van der Waals surface area (Å²) in [7, 11) is 0. The van der Waals surface area contributed by atoms with Crippen LogP contribution in [0.1, 0.15) is 36.8 Å². The van der Waals surface area contributed by atoms with Crippen LogP contribution in [0.3, 0.4) is 0 Å². The third kappa shape index (κ3) is 5.06. The molecule has 28 heavy (non-hydrogen) atoms. The van der Waals surface area contributed by atoms with Gasteiger partial charge in [0.25, 0.3) is 0 Å². The summed E-state index contributed by atoms with van der Waals surface area (Å²) in [5.74, 6) is 0.767. The Labute approximate surface area is 173 Å². The van der Waals surface area contributed by atoms with E-state index >= 15 is 0 Å². The summed E-state index contributed by atoms with van der Waals surface area (Å²) >= 11 is 0. The van der Waals surface area contributed by atoms with Gasteiger partial charge >= 0.3 is 0 Å². The van der Waals surface area contributed by atoms with Gasteiger partial charge in [-0.15, -0.1) is 17.5 Å². The summed E-state index contributed by atoms with van der Waals surface area (Å²) in [6.45, 7) is 7.22. The van der Waals surface area contributed by atoms with Crippen LogP contribution in [0.4, 0.5) is 0 Å². The second-order valence-corrected chi connectivity index (χ2v) is 7.57. The number of hydrogen-bond donors (Lipinski definition) is 0. The molecule has 0 radical (unpaired) electrons. The molecular formula is C23H30ClN3O. The zero-order valence-electron chi connectivity index (χ0n) is 16.6. The standard InChI is InChI=1S/C23H29N3O.ClH/c1-19-11-12-22-21(17-19)23(24-26(22)18-20-9-4-2-5-10-20)27-16-8-15-25-13-6-3-7-14-25;/h2,4-5,9-12,17H,3,6-8,13-16,18H2,1H3;1H. The number of ether oxygens (including phenoxy) is 1. The first kappa shape index (κ1) is 20.7. The van der Waals surface area contributed by atoms with Crippen molar-refractivity contribution in [3.8, 4) is 5.88 Å². The van der Waals surface area contributed by atoms with E-state index in [1.165, 1.54) is 43.5 Å². The zero-order valence-corrected chi connectivity index (χ0v) is 17.5. The Bertz CT molecular complexity index is 872. The number of nitrogens with zero attached hydrogens (tertiary/aromatic N) is 3. The van der Waals surface area contributed by atoms with Gasteiger partial charge in [-0.2, -0.15) is 0 Å². The van der Waals surface area contributed by atoms with Crippen LogP contribution in [0, 0.1) is 6.92 Å². The molecule has 1 fully saturated rings. The summed E-state index contributed by atoms with van der Waals surface area (Å²) in [5.41, 5.74) is 3.62. The van der Waals surface area contributed by atoms with Crippen molar-refractivity contribution in [2.24, 2.45) is 0 Å². The Morgan fingerprint density at radius 2 is 1.79 bits per heavy atom. The summed E-state index contributed by atoms with van der Waals surface area (Å²) in [6, 6.07) is 17.0. The maximum Gasteiger partial charge on any atom is 0.240 e. The molecule has 3 aromatic rings. The summed E-state index contributed by atoms with van der Waals surface area (Å²) in [5, 5.41) is 5.91. The van der Waals surface area contributed by atoms with Gasteiger partial charge in [-0.05, 0) is 57.0 Å². The fraction of sp³-hybridized carbons (Fsp3) is 0.435. The lowest BCUT2D eigenvalue weighted by molar-refractivity contribution is 0.203. The normalized spacial score (nSPS) is 14.8. The smallest absolute Gasteiger partial charge is 0.240 e. The van der Waals surface area contributed by atoms with Gasteiger partial charge in [0.05, 0.1) is 24.1 Å². The summed E-state index contributed by atoms with van der Waals surface area (Å²) in [6.07, 6.45) is 5.12. The van der Waals surface area contributed by atoms with Crippen molar-refractivity contribution in [3.05, 3.63) is 59.7 Å². The van der Waals surface area contributed by atoms with Crippen LogP contribution in [-0.2, 0) is 6.54 Å². The van der Waals surface area contributed by atoms with E-state index in [0.29, 0.717) is 0 Å². The van der Waals surface area contributed by atoms with Gasteiger partial charge in [-0.25, -0.2) is 0 Å². The average molecular weight is 400 g/mol. The topological polar surface area (TPSA) is 30.3 Å². The third-order valence-electron chi connectivity index (χ3n) is 5.35. The highest BCUT2D eigenvalue weighted by atomic mass is 35.5. The number of benzene rings is 2. The first-order valence-electron chi connectivity index (χ1n) is 10.2. The van der Waals surface area contributed by atoms with Crippen molar-refractivity contribution < 1.29 is 4.74 Å². The maximum atomic E-state index is 6.13. The predicted molar refractivity (Wildman–Crippen MR) is 118 cm³/mol. The monoisotopic (exact) mass is 399 g/mol. The van der Waals surface area contributed by atoms with Crippen LogP contribution in [0.15, 0.2) is 48.5 Å². The van der Waals surface area contributed by atoms with Gasteiger partial charge in [0, 0.05) is 6.54 Å². The highest BCUT2D eigenvalue weighted by Gasteiger charge is 2.13. The molecule has 2 aromatic carbocycles. The summed E-state index contributed by atoms with van der Waals surface area (Å²) in [4.78, 5) is 2.56. The molecule has 1 saturated heterocycles. The van der Waals surface area contributed by atoms with E-state index < -0.39 is 0 Å². The van der Waals surface area contributed by atoms with Crippen molar-refractivity contribution in [1.82, 2.24) is 14.7 Å². The highest BCUT2D eigenvalue weighted by molar-refractivity contribution is 5.85. The quantitative estimate of drug-likeness (QED) is 0.519. The predicted octanol–water partition coefficient (Wildman–Crippen LogP) is 5.07. The molecule has 1 aliphatic heterocycles. The first-order chi connectivity index (χ1) is 13.3. The minimum absolute atomic E-state index is 0. The molecular weight excluding hydrogens is 370 g/mol. The summed E-state index contributed by atoms with van der Waals surface area (Å²) < 4.78 is 8.18. The minimum atomic E-state index is 0. The van der Waals surface area contributed by atoms with E-state index in [0.717, 1.165) is 42.9 Å². The van der Waals surface area contributed by atoms with Crippen LogP contribution in [0.2, 0.25) is 0 Å². The SMILES string of the molecule is Cc1ccc2c(c1)c(OCCCN1CCCCC1)nn2Cc1ccccc1.Cl. The molecule has 5 heteroatoms. The Morgan fingerprint density at radius 3 is 2.57 bits per heavy atom. The van der Waals surface area contributed by atoms with E-state index in [4.69, 9.17) is 9.84 Å². The van der Waals surface area contributed by atoms with Gasteiger partial charge < -0.3 is 9.64 Å². The van der Waals surface area contributed by atoms with Crippen molar-refractivity contribution in [3.63, 3.8) is 0 Å². The number of aryl methyl sites for hydroxylation is 1. The molecule has 0 bridgehead atoms. The van der Waals surface area contributed by atoms with Gasteiger partial charge in [0.2, 0.25) is 5.88 Å². The molecule has 0 amide bonds. The Kier molecular flexibility index (Phi) is 7.35. The molecule has 0 unspecified atom stereocenters. The molecule has 2 heterocycles. The van der Waals surface area contributed by atoms with Crippen molar-refractivity contribution >= 4 is 23.3 Å². The molecule has 1 aliphatic rings. The van der Waals surface area contributed by atoms with Gasteiger partial charge in [0.1, 0.15) is 0 Å². The number of rotatable bonds is 7. The first-order valence-corrected chi connectivity index (χ1v) is 10.2. The van der Waals surface area contributed by atoms with E-state index in [1.54, 1.807) is 0 Å². The number of halogens is 1. The Morgan fingerprint density at radius 1 is 1.00 bits per heavy atom. The number of piperidine rings is 1. The Balaban J connectivity index is 0.00000225. The van der Waals surface area contributed by atoms with Crippen LogP contribution in [0.25, 0.3) is 10.9 Å². The van der Waals surface area contributed by atoms with Gasteiger partial charge in [0.15, 0.2) is 0 Å². The second kappa shape index (κ2) is 9.94. The molecule has 0 N–H and O–H groups in total. The Hall–Kier alpha value is -2.04.